The van der Waals surface area contributed by atoms with Gasteiger partial charge in [0.25, 0.3) is 0 Å². The van der Waals surface area contributed by atoms with Crippen molar-refractivity contribution in [3.8, 4) is 0 Å². The van der Waals surface area contributed by atoms with E-state index >= 15 is 0 Å². The van der Waals surface area contributed by atoms with Crippen LogP contribution >= 0.6 is 0 Å². The first kappa shape index (κ1) is 17.1. The smallest absolute Gasteiger partial charge is 0.399 e. The molecule has 0 aliphatic carbocycles. The van der Waals surface area contributed by atoms with E-state index in [0.717, 1.165) is 11.3 Å². The Morgan fingerprint density at radius 1 is 1.10 bits per heavy atom. The fourth-order valence-corrected chi connectivity index (χ4v) is 1.91. The number of rotatable bonds is 3. The molecule has 1 fully saturated rings. The predicted molar refractivity (Wildman–Crippen MR) is 85.8 cm³/mol. The molecule has 0 unspecified atom stereocenters. The maximum atomic E-state index is 6.05. The molecule has 1 aliphatic rings. The molecule has 1 aliphatic heterocycles. The number of allylic oxidation sites excluding steroid dienone is 2. The van der Waals surface area contributed by atoms with E-state index in [9.17, 15) is 0 Å². The van der Waals surface area contributed by atoms with E-state index in [1.54, 1.807) is 13.1 Å². The molecule has 0 atom stereocenters. The molecule has 4 nitrogen and oxygen atoms in total. The minimum Gasteiger partial charge on any atom is -0.399 e. The highest BCUT2D eigenvalue weighted by Gasteiger charge is 2.52. The number of nitrogens with zero attached hydrogens (tertiary/aromatic N) is 2. The van der Waals surface area contributed by atoms with Crippen LogP contribution in [0.25, 0.3) is 0 Å². The Morgan fingerprint density at radius 2 is 1.55 bits per heavy atom. The van der Waals surface area contributed by atoms with Crippen LogP contribution in [-0.4, -0.2) is 56.8 Å². The van der Waals surface area contributed by atoms with Gasteiger partial charge in [-0.2, -0.15) is 0 Å². The first-order valence-electron chi connectivity index (χ1n) is 6.93. The lowest BCUT2D eigenvalue weighted by molar-refractivity contribution is -0.775. The quantitative estimate of drug-likeness (QED) is 0.261. The van der Waals surface area contributed by atoms with Gasteiger partial charge in [-0.15, -0.1) is 0 Å². The largest absolute Gasteiger partial charge is 0.495 e. The summed E-state index contributed by atoms with van der Waals surface area (Å²) in [4.78, 5) is 4.34. The molecular formula is C15H28BN2O2+. The van der Waals surface area contributed by atoms with Crippen molar-refractivity contribution < 1.29 is 13.8 Å². The first-order valence-corrected chi connectivity index (χ1v) is 6.93. The summed E-state index contributed by atoms with van der Waals surface area (Å²) < 4.78 is 12.7. The number of likely N-dealkylation sites (N-methyl/N-ethyl adjacent to an activating group) is 1. The molecule has 0 aromatic heterocycles. The Kier molecular flexibility index (Phi) is 4.69. The number of aliphatic imine (C=N–C) groups is 1. The van der Waals surface area contributed by atoms with Crippen molar-refractivity contribution in [2.75, 3.05) is 28.2 Å². The van der Waals surface area contributed by atoms with Crippen LogP contribution in [0.4, 0.5) is 0 Å². The van der Waals surface area contributed by atoms with Crippen molar-refractivity contribution in [1.82, 2.24) is 0 Å². The summed E-state index contributed by atoms with van der Waals surface area (Å²) in [5.74, 6) is 0.939. The average molecular weight is 279 g/mol. The molecule has 1 rings (SSSR count). The van der Waals surface area contributed by atoms with Gasteiger partial charge in [0.15, 0.2) is 0 Å². The van der Waals surface area contributed by atoms with Gasteiger partial charge in [0.1, 0.15) is 0 Å². The Labute approximate surface area is 123 Å². The van der Waals surface area contributed by atoms with E-state index < -0.39 is 7.12 Å². The SMILES string of the molecule is C=C/C(=C\C(=NC)[N+](C)(C)C)B1OC(C)(C)C(C)(C)O1. The summed E-state index contributed by atoms with van der Waals surface area (Å²) in [6, 6.07) is 0. The van der Waals surface area contributed by atoms with E-state index in [2.05, 4.69) is 32.7 Å². The summed E-state index contributed by atoms with van der Waals surface area (Å²) >= 11 is 0. The summed E-state index contributed by atoms with van der Waals surface area (Å²) in [6.07, 6.45) is 3.78. The number of quaternary nitrogens is 1. The lowest BCUT2D eigenvalue weighted by atomic mass is 9.77. The lowest BCUT2D eigenvalue weighted by Gasteiger charge is -2.32. The molecule has 0 spiro atoms. The molecule has 0 amide bonds. The van der Waals surface area contributed by atoms with Crippen LogP contribution < -0.4 is 0 Å². The van der Waals surface area contributed by atoms with E-state index in [0.29, 0.717) is 4.48 Å². The van der Waals surface area contributed by atoms with Gasteiger partial charge in [0, 0.05) is 13.1 Å². The maximum absolute atomic E-state index is 6.05. The highest BCUT2D eigenvalue weighted by atomic mass is 16.7. The first-order chi connectivity index (χ1) is 8.94. The minimum absolute atomic E-state index is 0.347. The van der Waals surface area contributed by atoms with Gasteiger partial charge in [0.2, 0.25) is 5.84 Å². The molecule has 0 aromatic rings. The minimum atomic E-state index is -0.402. The summed E-state index contributed by atoms with van der Waals surface area (Å²) in [5, 5.41) is 0. The van der Waals surface area contributed by atoms with Gasteiger partial charge in [-0.25, -0.2) is 4.99 Å². The van der Waals surface area contributed by atoms with Gasteiger partial charge in [0.05, 0.1) is 32.3 Å². The average Bonchev–Trinajstić information content (AvgIpc) is 2.47. The van der Waals surface area contributed by atoms with Crippen molar-refractivity contribution in [2.24, 2.45) is 4.99 Å². The normalized spacial score (nSPS) is 23.1. The summed E-state index contributed by atoms with van der Waals surface area (Å²) in [6.45, 7) is 12.1. The van der Waals surface area contributed by atoms with Crippen molar-refractivity contribution >= 4 is 13.0 Å². The highest BCUT2D eigenvalue weighted by Crippen LogP contribution is 2.38. The van der Waals surface area contributed by atoms with Crippen LogP contribution in [-0.2, 0) is 9.31 Å². The van der Waals surface area contributed by atoms with Crippen LogP contribution in [0.1, 0.15) is 27.7 Å². The van der Waals surface area contributed by atoms with Crippen molar-refractivity contribution in [3.63, 3.8) is 0 Å². The molecule has 20 heavy (non-hydrogen) atoms. The standard InChI is InChI=1S/C15H28BN2O2/c1-10-12(11-13(17-6)18(7,8)9)16-19-14(2,3)15(4,5)20-16/h10-11H,1H2,2-9H3/q+1/b12-11+,17-13?. The molecule has 0 radical (unpaired) electrons. The van der Waals surface area contributed by atoms with Gasteiger partial charge >= 0.3 is 7.12 Å². The summed E-state index contributed by atoms with van der Waals surface area (Å²) in [5.41, 5.74) is 0.206. The van der Waals surface area contributed by atoms with E-state index in [1.165, 1.54) is 0 Å². The predicted octanol–water partition coefficient (Wildman–Crippen LogP) is 2.46. The topological polar surface area (TPSA) is 30.8 Å². The Balaban J connectivity index is 3.09. The zero-order valence-electron chi connectivity index (χ0n) is 14.2. The van der Waals surface area contributed by atoms with Gasteiger partial charge in [-0.05, 0) is 33.2 Å². The van der Waals surface area contributed by atoms with Crippen LogP contribution in [0, 0.1) is 0 Å². The molecule has 1 saturated heterocycles. The third kappa shape index (κ3) is 3.40. The van der Waals surface area contributed by atoms with Gasteiger partial charge < -0.3 is 9.31 Å². The molecule has 0 N–H and O–H groups in total. The van der Waals surface area contributed by atoms with Crippen LogP contribution in [0.3, 0.4) is 0 Å². The second-order valence-electron chi connectivity index (χ2n) is 7.03. The number of amidine groups is 1. The third-order valence-electron chi connectivity index (χ3n) is 3.97. The zero-order chi connectivity index (χ0) is 15.8. The van der Waals surface area contributed by atoms with Crippen molar-refractivity contribution in [2.45, 2.75) is 38.9 Å². The van der Waals surface area contributed by atoms with Crippen molar-refractivity contribution in [3.05, 3.63) is 24.2 Å². The molecule has 1 heterocycles. The fraction of sp³-hybridized carbons (Fsp3) is 0.667. The van der Waals surface area contributed by atoms with Crippen molar-refractivity contribution in [1.29, 1.82) is 0 Å². The highest BCUT2D eigenvalue weighted by molar-refractivity contribution is 6.56. The molecule has 0 bridgehead atoms. The van der Waals surface area contributed by atoms with E-state index in [-0.39, 0.29) is 11.2 Å². The monoisotopic (exact) mass is 279 g/mol. The molecule has 0 saturated carbocycles. The van der Waals surface area contributed by atoms with E-state index in [4.69, 9.17) is 9.31 Å². The fourth-order valence-electron chi connectivity index (χ4n) is 1.91. The lowest BCUT2D eigenvalue weighted by Crippen LogP contribution is -2.41. The zero-order valence-corrected chi connectivity index (χ0v) is 14.2. The Bertz CT molecular complexity index is 429. The molecule has 5 heteroatoms. The molecular weight excluding hydrogens is 251 g/mol. The second-order valence-corrected chi connectivity index (χ2v) is 7.03. The van der Waals surface area contributed by atoms with Gasteiger partial charge in [-0.1, -0.05) is 12.7 Å². The van der Waals surface area contributed by atoms with Crippen LogP contribution in [0.2, 0.25) is 0 Å². The number of hydrogen-bond acceptors (Lipinski definition) is 3. The third-order valence-corrected chi connectivity index (χ3v) is 3.97. The van der Waals surface area contributed by atoms with Gasteiger partial charge in [-0.3, -0.25) is 4.48 Å². The maximum Gasteiger partial charge on any atom is 0.495 e. The van der Waals surface area contributed by atoms with Crippen LogP contribution in [0.5, 0.6) is 0 Å². The van der Waals surface area contributed by atoms with Crippen LogP contribution in [0.15, 0.2) is 29.2 Å². The summed E-state index contributed by atoms with van der Waals surface area (Å²) in [7, 11) is 7.61. The number of hydrogen-bond donors (Lipinski definition) is 0. The molecule has 112 valence electrons. The second kappa shape index (κ2) is 5.47. The molecule has 0 aromatic carbocycles. The van der Waals surface area contributed by atoms with E-state index in [1.807, 2.05) is 33.8 Å². The Morgan fingerprint density at radius 3 is 1.85 bits per heavy atom. The Hall–Kier alpha value is -0.905.